The van der Waals surface area contributed by atoms with Gasteiger partial charge in [0, 0.05) is 18.8 Å². The number of rotatable bonds is 2. The quantitative estimate of drug-likeness (QED) is 0.707. The van der Waals surface area contributed by atoms with Crippen molar-refractivity contribution in [3.05, 3.63) is 29.8 Å². The molecule has 1 aromatic carbocycles. The second kappa shape index (κ2) is 4.69. The highest BCUT2D eigenvalue weighted by atomic mass is 15.1. The summed E-state index contributed by atoms with van der Waals surface area (Å²) in [6.45, 7) is 2.14. The van der Waals surface area contributed by atoms with Crippen LogP contribution in [0.4, 0.5) is 5.69 Å². The Balaban J connectivity index is 2.05. The second-order valence-corrected chi connectivity index (χ2v) is 4.74. The van der Waals surface area contributed by atoms with Crippen molar-refractivity contribution in [3.8, 4) is 0 Å². The summed E-state index contributed by atoms with van der Waals surface area (Å²) >= 11 is 0. The highest BCUT2D eigenvalue weighted by molar-refractivity contribution is 5.47. The molecule has 0 atom stereocenters. The van der Waals surface area contributed by atoms with Crippen LogP contribution < -0.4 is 4.90 Å². The third-order valence-electron chi connectivity index (χ3n) is 3.56. The lowest BCUT2D eigenvalue weighted by Gasteiger charge is -2.33. The minimum absolute atomic E-state index is 0.765. The molecule has 0 amide bonds. The van der Waals surface area contributed by atoms with Gasteiger partial charge in [-0.3, -0.25) is 0 Å². The van der Waals surface area contributed by atoms with E-state index in [9.17, 15) is 0 Å². The van der Waals surface area contributed by atoms with Crippen LogP contribution in [0.2, 0.25) is 0 Å². The first-order valence-corrected chi connectivity index (χ1v) is 6.07. The molecule has 1 aromatic rings. The Morgan fingerprint density at radius 1 is 1.00 bits per heavy atom. The van der Waals surface area contributed by atoms with Crippen molar-refractivity contribution >= 4 is 5.69 Å². The van der Waals surface area contributed by atoms with Gasteiger partial charge < -0.3 is 4.90 Å². The van der Waals surface area contributed by atoms with Gasteiger partial charge in [-0.2, -0.15) is 0 Å². The smallest absolute Gasteiger partial charge is 0.0366 e. The molecule has 1 nitrogen and oxygen atoms in total. The van der Waals surface area contributed by atoms with Crippen LogP contribution in [0.5, 0.6) is 0 Å². The Morgan fingerprint density at radius 2 is 1.60 bits per heavy atom. The fourth-order valence-electron chi connectivity index (χ4n) is 2.46. The number of hydrogen-bond acceptors (Lipinski definition) is 1. The molecule has 0 bridgehead atoms. The highest BCUT2D eigenvalue weighted by Gasteiger charge is 2.17. The monoisotopic (exact) mass is 203 g/mol. The molecular formula is C14H21N. The molecule has 0 aromatic heterocycles. The summed E-state index contributed by atoms with van der Waals surface area (Å²) in [5, 5.41) is 0. The number of hydrogen-bond donors (Lipinski definition) is 0. The molecule has 1 fully saturated rings. The minimum atomic E-state index is 0.765. The van der Waals surface area contributed by atoms with Crippen LogP contribution in [-0.2, 0) is 0 Å². The minimum Gasteiger partial charge on any atom is -0.372 e. The van der Waals surface area contributed by atoms with Crippen LogP contribution in [0, 0.1) is 6.92 Å². The molecule has 2 rings (SSSR count). The predicted octanol–water partition coefficient (Wildman–Crippen LogP) is 3.76. The molecule has 0 spiro atoms. The average Bonchev–Trinajstić information content (AvgIpc) is 2.30. The van der Waals surface area contributed by atoms with Crippen LogP contribution >= 0.6 is 0 Å². The summed E-state index contributed by atoms with van der Waals surface area (Å²) in [6, 6.07) is 9.65. The van der Waals surface area contributed by atoms with Gasteiger partial charge in [-0.05, 0) is 31.9 Å². The van der Waals surface area contributed by atoms with E-state index in [0.29, 0.717) is 0 Å². The fourth-order valence-corrected chi connectivity index (χ4v) is 2.46. The zero-order valence-corrected chi connectivity index (χ0v) is 9.87. The Labute approximate surface area is 93.1 Å². The number of nitrogens with zero attached hydrogens (tertiary/aromatic N) is 1. The first-order valence-electron chi connectivity index (χ1n) is 6.07. The first kappa shape index (κ1) is 10.5. The largest absolute Gasteiger partial charge is 0.372 e. The molecule has 1 heteroatoms. The molecule has 0 saturated heterocycles. The number of benzene rings is 1. The summed E-state index contributed by atoms with van der Waals surface area (Å²) in [6.07, 6.45) is 6.97. The van der Waals surface area contributed by atoms with Gasteiger partial charge in [0.1, 0.15) is 0 Å². The molecule has 0 radical (unpaired) electrons. The summed E-state index contributed by atoms with van der Waals surface area (Å²) in [5.74, 6) is 0. The van der Waals surface area contributed by atoms with Crippen molar-refractivity contribution in [3.63, 3.8) is 0 Å². The van der Waals surface area contributed by atoms with Gasteiger partial charge in [-0.25, -0.2) is 0 Å². The Morgan fingerprint density at radius 3 is 2.20 bits per heavy atom. The molecule has 82 valence electrons. The molecule has 0 heterocycles. The molecule has 1 saturated carbocycles. The van der Waals surface area contributed by atoms with Gasteiger partial charge in [-0.1, -0.05) is 37.0 Å². The van der Waals surface area contributed by atoms with E-state index in [1.165, 1.54) is 43.4 Å². The lowest BCUT2D eigenvalue weighted by Crippen LogP contribution is -2.33. The maximum atomic E-state index is 2.46. The summed E-state index contributed by atoms with van der Waals surface area (Å²) in [7, 11) is 2.24. The van der Waals surface area contributed by atoms with Crippen LogP contribution in [-0.4, -0.2) is 13.1 Å². The van der Waals surface area contributed by atoms with E-state index in [1.54, 1.807) is 0 Å². The number of anilines is 1. The summed E-state index contributed by atoms with van der Waals surface area (Å²) in [4.78, 5) is 2.46. The molecule has 0 N–H and O–H groups in total. The summed E-state index contributed by atoms with van der Waals surface area (Å²) in [5.41, 5.74) is 2.71. The average molecular weight is 203 g/mol. The van der Waals surface area contributed by atoms with E-state index < -0.39 is 0 Å². The van der Waals surface area contributed by atoms with Crippen LogP contribution in [0.15, 0.2) is 24.3 Å². The lowest BCUT2D eigenvalue weighted by atomic mass is 9.94. The standard InChI is InChI=1S/C14H21N/c1-12-8-10-14(11-9-12)15(2)13-6-4-3-5-7-13/h8-11,13H,3-7H2,1-2H3. The highest BCUT2D eigenvalue weighted by Crippen LogP contribution is 2.25. The van der Waals surface area contributed by atoms with E-state index in [4.69, 9.17) is 0 Å². The summed E-state index contributed by atoms with van der Waals surface area (Å²) < 4.78 is 0. The van der Waals surface area contributed by atoms with Crippen molar-refractivity contribution in [2.45, 2.75) is 45.1 Å². The lowest BCUT2D eigenvalue weighted by molar-refractivity contribution is 0.427. The maximum absolute atomic E-state index is 2.46. The molecule has 0 aliphatic heterocycles. The molecule has 1 aliphatic rings. The zero-order chi connectivity index (χ0) is 10.7. The molecular weight excluding hydrogens is 182 g/mol. The second-order valence-electron chi connectivity index (χ2n) is 4.74. The van der Waals surface area contributed by atoms with Gasteiger partial charge in [0.05, 0.1) is 0 Å². The van der Waals surface area contributed by atoms with E-state index in [-0.39, 0.29) is 0 Å². The van der Waals surface area contributed by atoms with Crippen molar-refractivity contribution in [1.82, 2.24) is 0 Å². The Kier molecular flexibility index (Phi) is 3.30. The van der Waals surface area contributed by atoms with E-state index in [1.807, 2.05) is 0 Å². The van der Waals surface area contributed by atoms with Gasteiger partial charge >= 0.3 is 0 Å². The van der Waals surface area contributed by atoms with E-state index in [2.05, 4.69) is 43.1 Å². The van der Waals surface area contributed by atoms with E-state index >= 15 is 0 Å². The van der Waals surface area contributed by atoms with E-state index in [0.717, 1.165) is 6.04 Å². The third kappa shape index (κ3) is 2.53. The third-order valence-corrected chi connectivity index (χ3v) is 3.56. The SMILES string of the molecule is Cc1ccc(N(C)C2CCCCC2)cc1. The molecule has 15 heavy (non-hydrogen) atoms. The van der Waals surface area contributed by atoms with Gasteiger partial charge in [-0.15, -0.1) is 0 Å². The van der Waals surface area contributed by atoms with Crippen LogP contribution in [0.1, 0.15) is 37.7 Å². The molecule has 0 unspecified atom stereocenters. The fraction of sp³-hybridized carbons (Fsp3) is 0.571. The van der Waals surface area contributed by atoms with Crippen molar-refractivity contribution in [2.75, 3.05) is 11.9 Å². The molecule has 1 aliphatic carbocycles. The van der Waals surface area contributed by atoms with Crippen LogP contribution in [0.25, 0.3) is 0 Å². The topological polar surface area (TPSA) is 3.24 Å². The number of aryl methyl sites for hydroxylation is 1. The Hall–Kier alpha value is -0.980. The zero-order valence-electron chi connectivity index (χ0n) is 9.87. The Bertz CT molecular complexity index is 296. The van der Waals surface area contributed by atoms with Crippen molar-refractivity contribution < 1.29 is 0 Å². The van der Waals surface area contributed by atoms with Gasteiger partial charge in [0.25, 0.3) is 0 Å². The maximum Gasteiger partial charge on any atom is 0.0366 e. The predicted molar refractivity (Wildman–Crippen MR) is 66.5 cm³/mol. The van der Waals surface area contributed by atoms with Crippen molar-refractivity contribution in [1.29, 1.82) is 0 Å². The van der Waals surface area contributed by atoms with Crippen molar-refractivity contribution in [2.24, 2.45) is 0 Å². The van der Waals surface area contributed by atoms with Gasteiger partial charge in [0.2, 0.25) is 0 Å². The first-order chi connectivity index (χ1) is 7.27. The normalized spacial score (nSPS) is 17.7. The van der Waals surface area contributed by atoms with Crippen LogP contribution in [0.3, 0.4) is 0 Å². The van der Waals surface area contributed by atoms with Gasteiger partial charge in [0.15, 0.2) is 0 Å².